The zero-order valence-electron chi connectivity index (χ0n) is 7.78. The van der Waals surface area contributed by atoms with E-state index in [9.17, 15) is 4.79 Å². The van der Waals surface area contributed by atoms with Crippen LogP contribution in [0.2, 0.25) is 0 Å². The number of halogens is 1. The van der Waals surface area contributed by atoms with Gasteiger partial charge in [0.25, 0.3) is 0 Å². The molecule has 1 aliphatic rings. The number of carbonyl (C=O) groups excluding carboxylic acids is 1. The lowest BCUT2D eigenvalue weighted by Crippen LogP contribution is -2.33. The minimum Gasteiger partial charge on any atom is -0.334 e. The Hall–Kier alpha value is -0.350. The van der Waals surface area contributed by atoms with Gasteiger partial charge in [0, 0.05) is 10.9 Å². The zero-order valence-corrected chi connectivity index (χ0v) is 10.2. The largest absolute Gasteiger partial charge is 0.334 e. The van der Waals surface area contributed by atoms with E-state index in [0.29, 0.717) is 11.4 Å². The standard InChI is InChI=1S/C10H12BrNOS/c11-6-10(13)12(8-3-4-8)7-9-2-1-5-14-9/h1-2,5,8H,3-4,6-7H2. The van der Waals surface area contributed by atoms with E-state index in [2.05, 4.69) is 27.4 Å². The van der Waals surface area contributed by atoms with Crippen LogP contribution in [0.5, 0.6) is 0 Å². The fourth-order valence-corrected chi connectivity index (χ4v) is 2.48. The Morgan fingerprint density at radius 2 is 2.43 bits per heavy atom. The summed E-state index contributed by atoms with van der Waals surface area (Å²) >= 11 is 4.94. The van der Waals surface area contributed by atoms with Crippen LogP contribution in [0.3, 0.4) is 0 Å². The summed E-state index contributed by atoms with van der Waals surface area (Å²) in [5.41, 5.74) is 0. The van der Waals surface area contributed by atoms with E-state index in [1.54, 1.807) is 11.3 Å². The van der Waals surface area contributed by atoms with Gasteiger partial charge in [0.1, 0.15) is 0 Å². The van der Waals surface area contributed by atoms with Crippen molar-refractivity contribution >= 4 is 33.2 Å². The summed E-state index contributed by atoms with van der Waals surface area (Å²) < 4.78 is 0. The topological polar surface area (TPSA) is 20.3 Å². The van der Waals surface area contributed by atoms with E-state index < -0.39 is 0 Å². The van der Waals surface area contributed by atoms with E-state index in [-0.39, 0.29) is 5.91 Å². The highest BCUT2D eigenvalue weighted by atomic mass is 79.9. The molecule has 0 bridgehead atoms. The number of hydrogen-bond acceptors (Lipinski definition) is 2. The second-order valence-electron chi connectivity index (χ2n) is 3.47. The molecule has 1 fully saturated rings. The molecule has 1 amide bonds. The fraction of sp³-hybridized carbons (Fsp3) is 0.500. The number of amides is 1. The first kappa shape index (κ1) is 10.2. The van der Waals surface area contributed by atoms with E-state index in [1.807, 2.05) is 11.0 Å². The smallest absolute Gasteiger partial charge is 0.233 e. The van der Waals surface area contributed by atoms with Crippen molar-refractivity contribution in [2.45, 2.75) is 25.4 Å². The van der Waals surface area contributed by atoms with Gasteiger partial charge >= 0.3 is 0 Å². The number of carbonyl (C=O) groups is 1. The lowest BCUT2D eigenvalue weighted by Gasteiger charge is -2.20. The van der Waals surface area contributed by atoms with E-state index in [0.717, 1.165) is 6.54 Å². The predicted molar refractivity (Wildman–Crippen MR) is 61.7 cm³/mol. The number of thiophene rings is 1. The molecule has 14 heavy (non-hydrogen) atoms. The molecule has 0 unspecified atom stereocenters. The van der Waals surface area contributed by atoms with E-state index in [4.69, 9.17) is 0 Å². The summed E-state index contributed by atoms with van der Waals surface area (Å²) in [6, 6.07) is 4.62. The second kappa shape index (κ2) is 4.45. The summed E-state index contributed by atoms with van der Waals surface area (Å²) in [5.74, 6) is 0.209. The van der Waals surface area contributed by atoms with Crippen LogP contribution in [0, 0.1) is 0 Å². The molecule has 0 aromatic carbocycles. The van der Waals surface area contributed by atoms with Crippen LogP contribution in [0.1, 0.15) is 17.7 Å². The Balaban J connectivity index is 2.00. The number of nitrogens with zero attached hydrogens (tertiary/aromatic N) is 1. The molecule has 0 N–H and O–H groups in total. The maximum atomic E-state index is 11.6. The molecule has 1 heterocycles. The third-order valence-electron chi connectivity index (χ3n) is 2.33. The number of rotatable bonds is 4. The SMILES string of the molecule is O=C(CBr)N(Cc1cccs1)C1CC1. The van der Waals surface area contributed by atoms with Crippen molar-refractivity contribution in [1.82, 2.24) is 4.90 Å². The summed E-state index contributed by atoms with van der Waals surface area (Å²) in [6.45, 7) is 0.784. The molecule has 0 spiro atoms. The van der Waals surface area contributed by atoms with Gasteiger partial charge in [0.05, 0.1) is 11.9 Å². The monoisotopic (exact) mass is 273 g/mol. The van der Waals surface area contributed by atoms with Crippen LogP contribution in [-0.4, -0.2) is 22.2 Å². The molecule has 0 radical (unpaired) electrons. The van der Waals surface area contributed by atoms with Gasteiger partial charge in [-0.3, -0.25) is 4.79 Å². The molecule has 0 atom stereocenters. The summed E-state index contributed by atoms with van der Waals surface area (Å²) in [6.07, 6.45) is 2.34. The van der Waals surface area contributed by atoms with Crippen molar-refractivity contribution in [2.24, 2.45) is 0 Å². The number of alkyl halides is 1. The Morgan fingerprint density at radius 1 is 1.64 bits per heavy atom. The van der Waals surface area contributed by atoms with Gasteiger partial charge in [0.15, 0.2) is 0 Å². The van der Waals surface area contributed by atoms with Crippen molar-refractivity contribution in [3.05, 3.63) is 22.4 Å². The predicted octanol–water partition coefficient (Wildman–Crippen LogP) is 2.63. The van der Waals surface area contributed by atoms with Crippen molar-refractivity contribution in [3.63, 3.8) is 0 Å². The Morgan fingerprint density at radius 3 is 2.93 bits per heavy atom. The van der Waals surface area contributed by atoms with Crippen molar-refractivity contribution in [2.75, 3.05) is 5.33 Å². The maximum absolute atomic E-state index is 11.6. The molecule has 1 aromatic heterocycles. The normalized spacial score (nSPS) is 15.5. The van der Waals surface area contributed by atoms with Crippen LogP contribution < -0.4 is 0 Å². The summed E-state index contributed by atoms with van der Waals surface area (Å²) in [5, 5.41) is 2.49. The first-order chi connectivity index (χ1) is 6.81. The maximum Gasteiger partial charge on any atom is 0.233 e. The molecule has 1 saturated carbocycles. The lowest BCUT2D eigenvalue weighted by molar-refractivity contribution is -0.129. The molecule has 2 rings (SSSR count). The van der Waals surface area contributed by atoms with Crippen LogP contribution in [-0.2, 0) is 11.3 Å². The van der Waals surface area contributed by atoms with Gasteiger partial charge in [-0.05, 0) is 24.3 Å². The molecule has 76 valence electrons. The van der Waals surface area contributed by atoms with Gasteiger partial charge in [-0.25, -0.2) is 0 Å². The van der Waals surface area contributed by atoms with Gasteiger partial charge in [0.2, 0.25) is 5.91 Å². The average molecular weight is 274 g/mol. The van der Waals surface area contributed by atoms with Gasteiger partial charge in [-0.1, -0.05) is 22.0 Å². The highest BCUT2D eigenvalue weighted by Gasteiger charge is 2.31. The molecule has 2 nitrogen and oxygen atoms in total. The molecule has 1 aliphatic carbocycles. The average Bonchev–Trinajstić information content (AvgIpc) is 2.92. The highest BCUT2D eigenvalue weighted by Crippen LogP contribution is 2.29. The van der Waals surface area contributed by atoms with Gasteiger partial charge in [-0.15, -0.1) is 11.3 Å². The molecule has 1 aromatic rings. The van der Waals surface area contributed by atoms with E-state index >= 15 is 0 Å². The van der Waals surface area contributed by atoms with Crippen LogP contribution in [0.25, 0.3) is 0 Å². The fourth-order valence-electron chi connectivity index (χ4n) is 1.45. The minimum absolute atomic E-state index is 0.209. The van der Waals surface area contributed by atoms with Crippen LogP contribution in [0.15, 0.2) is 17.5 Å². The minimum atomic E-state index is 0.209. The molecular weight excluding hydrogens is 262 g/mol. The van der Waals surface area contributed by atoms with Gasteiger partial charge < -0.3 is 4.90 Å². The van der Waals surface area contributed by atoms with Crippen molar-refractivity contribution in [1.29, 1.82) is 0 Å². The van der Waals surface area contributed by atoms with Gasteiger partial charge in [-0.2, -0.15) is 0 Å². The Bertz CT molecular complexity index is 308. The van der Waals surface area contributed by atoms with Crippen molar-refractivity contribution < 1.29 is 4.79 Å². The quantitative estimate of drug-likeness (QED) is 0.773. The van der Waals surface area contributed by atoms with Crippen LogP contribution >= 0.6 is 27.3 Å². The molecular formula is C10H12BrNOS. The second-order valence-corrected chi connectivity index (χ2v) is 5.06. The summed E-state index contributed by atoms with van der Waals surface area (Å²) in [7, 11) is 0. The Kier molecular flexibility index (Phi) is 3.23. The molecule has 0 aliphatic heterocycles. The molecule has 4 heteroatoms. The van der Waals surface area contributed by atoms with Crippen LogP contribution in [0.4, 0.5) is 0 Å². The lowest BCUT2D eigenvalue weighted by atomic mass is 10.4. The first-order valence-corrected chi connectivity index (χ1v) is 6.69. The number of hydrogen-bond donors (Lipinski definition) is 0. The third kappa shape index (κ3) is 2.36. The third-order valence-corrected chi connectivity index (χ3v) is 3.67. The highest BCUT2D eigenvalue weighted by molar-refractivity contribution is 9.09. The first-order valence-electron chi connectivity index (χ1n) is 4.69. The molecule has 0 saturated heterocycles. The van der Waals surface area contributed by atoms with E-state index in [1.165, 1.54) is 17.7 Å². The van der Waals surface area contributed by atoms with Crippen molar-refractivity contribution in [3.8, 4) is 0 Å². The summed E-state index contributed by atoms with van der Waals surface area (Å²) in [4.78, 5) is 14.9. The Labute approximate surface area is 96.0 Å². The zero-order chi connectivity index (χ0) is 9.97.